The number of amides is 1. The van der Waals surface area contributed by atoms with Gasteiger partial charge in [0.15, 0.2) is 0 Å². The lowest BCUT2D eigenvalue weighted by Gasteiger charge is -2.10. The Morgan fingerprint density at radius 2 is 2.12 bits per heavy atom. The number of nitrogens with two attached hydrogens (primary N) is 2. The second-order valence-electron chi connectivity index (χ2n) is 3.80. The molecule has 0 heterocycles. The van der Waals surface area contributed by atoms with Crippen molar-refractivity contribution in [2.24, 2.45) is 11.7 Å². The first-order valence-corrected chi connectivity index (χ1v) is 6.28. The molecule has 1 rings (SSSR count). The van der Waals surface area contributed by atoms with Crippen LogP contribution in [-0.4, -0.2) is 15.9 Å². The maximum Gasteiger partial charge on any atom is 0.221 e. The molecule has 88 valence electrons. The Bertz CT molecular complexity index is 432. The summed E-state index contributed by atoms with van der Waals surface area (Å²) in [4.78, 5) is 11.5. The third-order valence-electron chi connectivity index (χ3n) is 2.42. The summed E-state index contributed by atoms with van der Waals surface area (Å²) >= 11 is 0. The summed E-state index contributed by atoms with van der Waals surface area (Å²) < 4.78 is 12.0. The highest BCUT2D eigenvalue weighted by atomic mass is 32.2. The van der Waals surface area contributed by atoms with E-state index in [0.717, 1.165) is 5.56 Å². The van der Waals surface area contributed by atoms with Gasteiger partial charge in [-0.1, -0.05) is 19.1 Å². The lowest BCUT2D eigenvalue weighted by atomic mass is 10.2. The molecule has 1 aromatic rings. The number of carbonyl (C=O) groups is 1. The number of hydrogen-bond acceptors (Lipinski definition) is 3. The van der Waals surface area contributed by atoms with Crippen LogP contribution >= 0.6 is 0 Å². The molecule has 0 aliphatic carbocycles. The smallest absolute Gasteiger partial charge is 0.221 e. The van der Waals surface area contributed by atoms with Gasteiger partial charge in [-0.25, -0.2) is 0 Å². The molecule has 0 aromatic heterocycles. The molecule has 0 radical (unpaired) electrons. The zero-order valence-electron chi connectivity index (χ0n) is 9.40. The molecule has 0 aliphatic rings. The minimum atomic E-state index is -1.28. The summed E-state index contributed by atoms with van der Waals surface area (Å²) in [5, 5.41) is 0. The standard InChI is InChI=1S/C11H16N2O2S/c1-7-4-3-5-9(10(7)12)16(15)6-8(2)11(13)14/h3-5,8H,6,12H2,1-2H3,(H2,13,14). The fourth-order valence-electron chi connectivity index (χ4n) is 1.25. The first-order chi connectivity index (χ1) is 7.43. The molecule has 2 atom stereocenters. The van der Waals surface area contributed by atoms with Crippen LogP contribution < -0.4 is 11.5 Å². The molecule has 0 fully saturated rings. The van der Waals surface area contributed by atoms with Gasteiger partial charge >= 0.3 is 0 Å². The quantitative estimate of drug-likeness (QED) is 0.763. The number of benzene rings is 1. The topological polar surface area (TPSA) is 86.2 Å². The molecule has 16 heavy (non-hydrogen) atoms. The number of anilines is 1. The van der Waals surface area contributed by atoms with E-state index in [-0.39, 0.29) is 5.75 Å². The van der Waals surface area contributed by atoms with Crippen molar-refractivity contribution in [3.8, 4) is 0 Å². The van der Waals surface area contributed by atoms with E-state index in [0.29, 0.717) is 10.6 Å². The highest BCUT2D eigenvalue weighted by molar-refractivity contribution is 7.85. The van der Waals surface area contributed by atoms with Gasteiger partial charge in [0.25, 0.3) is 0 Å². The predicted molar refractivity (Wildman–Crippen MR) is 65.2 cm³/mol. The van der Waals surface area contributed by atoms with Crippen molar-refractivity contribution < 1.29 is 9.00 Å². The average molecular weight is 240 g/mol. The summed E-state index contributed by atoms with van der Waals surface area (Å²) in [6, 6.07) is 5.37. The number of rotatable bonds is 4. The van der Waals surface area contributed by atoms with Crippen LogP contribution in [0.4, 0.5) is 5.69 Å². The van der Waals surface area contributed by atoms with Gasteiger partial charge < -0.3 is 11.5 Å². The maximum atomic E-state index is 12.0. The Labute approximate surface area is 97.5 Å². The maximum absolute atomic E-state index is 12.0. The molecule has 4 N–H and O–H groups in total. The van der Waals surface area contributed by atoms with E-state index in [1.807, 2.05) is 13.0 Å². The van der Waals surface area contributed by atoms with Crippen LogP contribution in [0.1, 0.15) is 12.5 Å². The highest BCUT2D eigenvalue weighted by Gasteiger charge is 2.16. The van der Waals surface area contributed by atoms with E-state index < -0.39 is 22.6 Å². The normalized spacial score (nSPS) is 14.4. The lowest BCUT2D eigenvalue weighted by molar-refractivity contribution is -0.120. The van der Waals surface area contributed by atoms with E-state index in [4.69, 9.17) is 11.5 Å². The van der Waals surface area contributed by atoms with Gasteiger partial charge in [0.2, 0.25) is 5.91 Å². The fourth-order valence-corrected chi connectivity index (χ4v) is 2.69. The largest absolute Gasteiger partial charge is 0.398 e. The van der Waals surface area contributed by atoms with Crippen LogP contribution in [0.3, 0.4) is 0 Å². The monoisotopic (exact) mass is 240 g/mol. The van der Waals surface area contributed by atoms with Crippen LogP contribution in [-0.2, 0) is 15.6 Å². The van der Waals surface area contributed by atoms with Gasteiger partial charge in [0.05, 0.1) is 21.4 Å². The molecule has 4 nitrogen and oxygen atoms in total. The van der Waals surface area contributed by atoms with Gasteiger partial charge in [0, 0.05) is 11.7 Å². The second kappa shape index (κ2) is 5.12. The molecule has 1 aromatic carbocycles. The Balaban J connectivity index is 2.89. The second-order valence-corrected chi connectivity index (χ2v) is 5.27. The minimum Gasteiger partial charge on any atom is -0.398 e. The molecule has 0 saturated heterocycles. The molecule has 2 unspecified atom stereocenters. The average Bonchev–Trinajstić information content (AvgIpc) is 2.21. The van der Waals surface area contributed by atoms with Crippen molar-refractivity contribution in [2.45, 2.75) is 18.7 Å². The molecule has 0 aliphatic heterocycles. The van der Waals surface area contributed by atoms with Gasteiger partial charge in [-0.15, -0.1) is 0 Å². The van der Waals surface area contributed by atoms with Crippen LogP contribution in [0.15, 0.2) is 23.1 Å². The van der Waals surface area contributed by atoms with Gasteiger partial charge in [-0.3, -0.25) is 9.00 Å². The molecule has 0 spiro atoms. The van der Waals surface area contributed by atoms with Crippen LogP contribution in [0.5, 0.6) is 0 Å². The van der Waals surface area contributed by atoms with E-state index >= 15 is 0 Å². The van der Waals surface area contributed by atoms with Crippen LogP contribution in [0.2, 0.25) is 0 Å². The molecule has 0 saturated carbocycles. The molecule has 1 amide bonds. The SMILES string of the molecule is Cc1cccc(S(=O)CC(C)C(N)=O)c1N. The molecule has 0 bridgehead atoms. The fraction of sp³-hybridized carbons (Fsp3) is 0.364. The van der Waals surface area contributed by atoms with Crippen LogP contribution in [0, 0.1) is 12.8 Å². The number of nitrogen functional groups attached to an aromatic ring is 1. The van der Waals surface area contributed by atoms with Crippen molar-refractivity contribution in [3.63, 3.8) is 0 Å². The minimum absolute atomic E-state index is 0.211. The third-order valence-corrected chi connectivity index (χ3v) is 4.07. The Kier molecular flexibility index (Phi) is 4.06. The Hall–Kier alpha value is -1.36. The summed E-state index contributed by atoms with van der Waals surface area (Å²) in [5.74, 6) is -0.650. The molecular formula is C11H16N2O2S. The highest BCUT2D eigenvalue weighted by Crippen LogP contribution is 2.21. The lowest BCUT2D eigenvalue weighted by Crippen LogP contribution is -2.25. The van der Waals surface area contributed by atoms with E-state index in [9.17, 15) is 9.00 Å². The van der Waals surface area contributed by atoms with Crippen molar-refractivity contribution in [3.05, 3.63) is 23.8 Å². The van der Waals surface area contributed by atoms with Gasteiger partial charge in [-0.2, -0.15) is 0 Å². The first-order valence-electron chi connectivity index (χ1n) is 4.96. The summed E-state index contributed by atoms with van der Waals surface area (Å²) in [7, 11) is -1.28. The summed E-state index contributed by atoms with van der Waals surface area (Å²) in [5.41, 5.74) is 12.4. The molecule has 5 heteroatoms. The number of carbonyl (C=O) groups excluding carboxylic acids is 1. The zero-order valence-corrected chi connectivity index (χ0v) is 10.2. The number of aryl methyl sites for hydroxylation is 1. The summed E-state index contributed by atoms with van der Waals surface area (Å²) in [6.45, 7) is 3.51. The van der Waals surface area contributed by atoms with Crippen molar-refractivity contribution in [1.29, 1.82) is 0 Å². The van der Waals surface area contributed by atoms with Crippen molar-refractivity contribution in [1.82, 2.24) is 0 Å². The van der Waals surface area contributed by atoms with E-state index in [1.165, 1.54) is 0 Å². The first kappa shape index (κ1) is 12.7. The third kappa shape index (κ3) is 2.82. The van der Waals surface area contributed by atoms with Crippen molar-refractivity contribution >= 4 is 22.4 Å². The number of para-hydroxylation sites is 1. The van der Waals surface area contributed by atoms with Gasteiger partial charge in [0.1, 0.15) is 0 Å². The van der Waals surface area contributed by atoms with E-state index in [1.54, 1.807) is 19.1 Å². The summed E-state index contributed by atoms with van der Waals surface area (Å²) in [6.07, 6.45) is 0. The zero-order chi connectivity index (χ0) is 12.3. The number of primary amides is 1. The van der Waals surface area contributed by atoms with E-state index in [2.05, 4.69) is 0 Å². The Morgan fingerprint density at radius 3 is 2.69 bits per heavy atom. The number of hydrogen-bond donors (Lipinski definition) is 2. The predicted octanol–water partition coefficient (Wildman–Crippen LogP) is 0.806. The Morgan fingerprint density at radius 1 is 1.50 bits per heavy atom. The van der Waals surface area contributed by atoms with Crippen molar-refractivity contribution in [2.75, 3.05) is 11.5 Å². The van der Waals surface area contributed by atoms with Crippen LogP contribution in [0.25, 0.3) is 0 Å². The molecular weight excluding hydrogens is 224 g/mol. The van der Waals surface area contributed by atoms with Gasteiger partial charge in [-0.05, 0) is 18.6 Å².